The molecule has 5 heteroatoms. The lowest BCUT2D eigenvalue weighted by atomic mass is 10.1. The predicted octanol–water partition coefficient (Wildman–Crippen LogP) is 1.63. The number of benzene rings is 1. The van der Waals surface area contributed by atoms with E-state index in [4.69, 9.17) is 10.5 Å². The molecule has 1 unspecified atom stereocenters. The van der Waals surface area contributed by atoms with E-state index in [0.29, 0.717) is 12.0 Å². The molecule has 0 spiro atoms. The molecule has 1 aromatic rings. The number of carbonyl (C=O) groups is 1. The van der Waals surface area contributed by atoms with Gasteiger partial charge in [0, 0.05) is 0 Å². The van der Waals surface area contributed by atoms with Gasteiger partial charge in [0.1, 0.15) is 0 Å². The van der Waals surface area contributed by atoms with Gasteiger partial charge in [0.15, 0.2) is 11.6 Å². The first-order valence-corrected chi connectivity index (χ1v) is 5.22. The largest absolute Gasteiger partial charge is 0.494 e. The summed E-state index contributed by atoms with van der Waals surface area (Å²) in [5, 5.41) is 0. The molecule has 0 saturated heterocycles. The summed E-state index contributed by atoms with van der Waals surface area (Å²) in [5.74, 6) is -0.727. The maximum atomic E-state index is 13.2. The molecule has 2 N–H and O–H groups in total. The highest BCUT2D eigenvalue weighted by molar-refractivity contribution is 9.10. The lowest BCUT2D eigenvalue weighted by Crippen LogP contribution is -2.24. The van der Waals surface area contributed by atoms with Crippen molar-refractivity contribution in [3.8, 4) is 5.75 Å². The maximum absolute atomic E-state index is 13.2. The van der Waals surface area contributed by atoms with Crippen molar-refractivity contribution in [2.45, 2.75) is 11.2 Å². The van der Waals surface area contributed by atoms with Crippen LogP contribution in [0.15, 0.2) is 18.2 Å². The van der Waals surface area contributed by atoms with E-state index in [2.05, 4.69) is 15.9 Å². The van der Waals surface area contributed by atoms with E-state index in [1.54, 1.807) is 6.07 Å². The van der Waals surface area contributed by atoms with Crippen LogP contribution in [0.3, 0.4) is 0 Å². The Hall–Kier alpha value is -1.10. The number of nitrogens with two attached hydrogens (primary N) is 1. The first-order chi connectivity index (χ1) is 7.04. The number of ether oxygens (including phenoxy) is 1. The van der Waals surface area contributed by atoms with Gasteiger partial charge in [-0.3, -0.25) is 4.79 Å². The normalized spacial score (nSPS) is 12.2. The first-order valence-electron chi connectivity index (χ1n) is 4.30. The van der Waals surface area contributed by atoms with Crippen molar-refractivity contribution >= 4 is 21.8 Å². The van der Waals surface area contributed by atoms with Crippen molar-refractivity contribution in [3.63, 3.8) is 0 Å². The van der Waals surface area contributed by atoms with Crippen LogP contribution >= 0.6 is 15.9 Å². The second-order valence-corrected chi connectivity index (χ2v) is 4.15. The van der Waals surface area contributed by atoms with Crippen LogP contribution in [-0.4, -0.2) is 17.8 Å². The summed E-state index contributed by atoms with van der Waals surface area (Å²) >= 11 is 3.11. The van der Waals surface area contributed by atoms with Gasteiger partial charge in [0.05, 0.1) is 11.9 Å². The number of halogens is 2. The number of hydrogen-bond donors (Lipinski definition) is 1. The van der Waals surface area contributed by atoms with Crippen molar-refractivity contribution in [1.82, 2.24) is 0 Å². The zero-order valence-electron chi connectivity index (χ0n) is 8.17. The first kappa shape index (κ1) is 12.0. The highest BCUT2D eigenvalue weighted by Gasteiger charge is 2.12. The molecule has 0 aliphatic rings. The molecule has 82 valence electrons. The quantitative estimate of drug-likeness (QED) is 0.850. The van der Waals surface area contributed by atoms with E-state index in [1.807, 2.05) is 0 Å². The minimum absolute atomic E-state index is 0.184. The Kier molecular flexibility index (Phi) is 4.08. The van der Waals surface area contributed by atoms with Crippen LogP contribution in [0.25, 0.3) is 0 Å². The number of amides is 1. The predicted molar refractivity (Wildman–Crippen MR) is 58.6 cm³/mol. The second kappa shape index (κ2) is 5.11. The van der Waals surface area contributed by atoms with E-state index >= 15 is 0 Å². The number of carbonyl (C=O) groups excluding carboxylic acids is 1. The lowest BCUT2D eigenvalue weighted by molar-refractivity contribution is -0.117. The van der Waals surface area contributed by atoms with Gasteiger partial charge in [-0.15, -0.1) is 0 Å². The number of rotatable bonds is 4. The topological polar surface area (TPSA) is 52.3 Å². The highest BCUT2D eigenvalue weighted by atomic mass is 79.9. The highest BCUT2D eigenvalue weighted by Crippen LogP contribution is 2.19. The number of hydrogen-bond acceptors (Lipinski definition) is 2. The Morgan fingerprint density at radius 3 is 2.80 bits per heavy atom. The molecule has 0 aromatic heterocycles. The van der Waals surface area contributed by atoms with E-state index in [0.717, 1.165) is 0 Å². The van der Waals surface area contributed by atoms with Crippen molar-refractivity contribution < 1.29 is 13.9 Å². The van der Waals surface area contributed by atoms with Crippen LogP contribution in [0.1, 0.15) is 5.56 Å². The van der Waals surface area contributed by atoms with Gasteiger partial charge < -0.3 is 10.5 Å². The maximum Gasteiger partial charge on any atom is 0.231 e. The van der Waals surface area contributed by atoms with Gasteiger partial charge in [0.25, 0.3) is 0 Å². The van der Waals surface area contributed by atoms with Crippen molar-refractivity contribution in [2.24, 2.45) is 5.73 Å². The summed E-state index contributed by atoms with van der Waals surface area (Å²) < 4.78 is 18.0. The molecule has 0 fully saturated rings. The van der Waals surface area contributed by atoms with Crippen LogP contribution in [0.2, 0.25) is 0 Å². The molecular formula is C10H11BrFNO2. The third kappa shape index (κ3) is 3.20. The summed E-state index contributed by atoms with van der Waals surface area (Å²) in [7, 11) is 1.40. The van der Waals surface area contributed by atoms with E-state index in [9.17, 15) is 9.18 Å². The Bertz CT molecular complexity index is 370. The second-order valence-electron chi connectivity index (χ2n) is 3.04. The minimum Gasteiger partial charge on any atom is -0.494 e. The summed E-state index contributed by atoms with van der Waals surface area (Å²) in [6.45, 7) is 0. The fraction of sp³-hybridized carbons (Fsp3) is 0.300. The van der Waals surface area contributed by atoms with Crippen molar-refractivity contribution in [1.29, 1.82) is 0 Å². The molecule has 1 aromatic carbocycles. The summed E-state index contributed by atoms with van der Waals surface area (Å²) in [6.07, 6.45) is 0.357. The number of primary amides is 1. The monoisotopic (exact) mass is 275 g/mol. The molecular weight excluding hydrogens is 265 g/mol. The molecule has 0 bridgehead atoms. The molecule has 15 heavy (non-hydrogen) atoms. The molecule has 0 saturated carbocycles. The third-order valence-electron chi connectivity index (χ3n) is 1.94. The van der Waals surface area contributed by atoms with Crippen LogP contribution in [0.4, 0.5) is 4.39 Å². The van der Waals surface area contributed by atoms with E-state index in [1.165, 1.54) is 19.2 Å². The molecule has 1 atom stereocenters. The van der Waals surface area contributed by atoms with Gasteiger partial charge >= 0.3 is 0 Å². The molecule has 3 nitrogen and oxygen atoms in total. The number of alkyl halides is 1. The van der Waals surface area contributed by atoms with Gasteiger partial charge in [-0.25, -0.2) is 4.39 Å². The Balaban J connectivity index is 2.79. The Morgan fingerprint density at radius 2 is 2.33 bits per heavy atom. The summed E-state index contributed by atoms with van der Waals surface area (Å²) in [4.78, 5) is 10.3. The smallest absolute Gasteiger partial charge is 0.231 e. The van der Waals surface area contributed by atoms with Gasteiger partial charge in [-0.2, -0.15) is 0 Å². The summed E-state index contributed by atoms with van der Waals surface area (Å²) in [6, 6.07) is 4.54. The fourth-order valence-electron chi connectivity index (χ4n) is 1.14. The standard InChI is InChI=1S/C10H11BrFNO2/c1-15-9-3-2-6(5-8(9)12)4-7(11)10(13)14/h2-3,5,7H,4H2,1H3,(H2,13,14). The van der Waals surface area contributed by atoms with Crippen molar-refractivity contribution in [2.75, 3.05) is 7.11 Å². The van der Waals surface area contributed by atoms with Gasteiger partial charge in [-0.05, 0) is 24.1 Å². The molecule has 1 amide bonds. The van der Waals surface area contributed by atoms with Crippen molar-refractivity contribution in [3.05, 3.63) is 29.6 Å². The summed E-state index contributed by atoms with van der Waals surface area (Å²) in [5.41, 5.74) is 5.76. The van der Waals surface area contributed by atoms with Gasteiger partial charge in [0.2, 0.25) is 5.91 Å². The third-order valence-corrected chi connectivity index (χ3v) is 2.71. The van der Waals surface area contributed by atoms with Crippen LogP contribution in [-0.2, 0) is 11.2 Å². The molecule has 0 aliphatic carbocycles. The zero-order valence-corrected chi connectivity index (χ0v) is 9.75. The average molecular weight is 276 g/mol. The molecule has 0 aliphatic heterocycles. The van der Waals surface area contributed by atoms with Gasteiger partial charge in [-0.1, -0.05) is 22.0 Å². The SMILES string of the molecule is COc1ccc(CC(Br)C(N)=O)cc1F. The zero-order chi connectivity index (χ0) is 11.4. The molecule has 0 radical (unpaired) electrons. The lowest BCUT2D eigenvalue weighted by Gasteiger charge is -2.07. The Labute approximate surface area is 95.5 Å². The van der Waals surface area contributed by atoms with Crippen LogP contribution in [0.5, 0.6) is 5.75 Å². The van der Waals surface area contributed by atoms with E-state index < -0.39 is 16.6 Å². The fourth-order valence-corrected chi connectivity index (χ4v) is 1.52. The average Bonchev–Trinajstić information content (AvgIpc) is 2.18. The van der Waals surface area contributed by atoms with Crippen LogP contribution in [0, 0.1) is 5.82 Å². The minimum atomic E-state index is -0.481. The van der Waals surface area contributed by atoms with E-state index in [-0.39, 0.29) is 5.75 Å². The van der Waals surface area contributed by atoms with Crippen LogP contribution < -0.4 is 10.5 Å². The Morgan fingerprint density at radius 1 is 1.67 bits per heavy atom. The number of methoxy groups -OCH3 is 1. The molecule has 0 heterocycles. The molecule has 1 rings (SSSR count).